The topological polar surface area (TPSA) is 91.4 Å². The number of anilines is 1. The zero-order valence-corrected chi connectivity index (χ0v) is 17.5. The summed E-state index contributed by atoms with van der Waals surface area (Å²) in [6.45, 7) is 0. The van der Waals surface area contributed by atoms with Crippen LogP contribution in [0.1, 0.15) is 36.8 Å². The smallest absolute Gasteiger partial charge is 0.252 e. The summed E-state index contributed by atoms with van der Waals surface area (Å²) in [5.74, 6) is -5.04. The van der Waals surface area contributed by atoms with Gasteiger partial charge >= 0.3 is 0 Å². The van der Waals surface area contributed by atoms with E-state index in [1.54, 1.807) is 18.2 Å². The van der Waals surface area contributed by atoms with E-state index in [4.69, 9.17) is 0 Å². The summed E-state index contributed by atoms with van der Waals surface area (Å²) in [4.78, 5) is 44.1. The molecule has 2 atom stereocenters. The molecule has 0 bridgehead atoms. The van der Waals surface area contributed by atoms with E-state index in [-0.39, 0.29) is 30.9 Å². The number of pyridine rings is 1. The second-order valence-electron chi connectivity index (χ2n) is 8.82. The van der Waals surface area contributed by atoms with Gasteiger partial charge in [0, 0.05) is 37.8 Å². The minimum Gasteiger partial charge on any atom is -0.351 e. The fourth-order valence-electron chi connectivity index (χ4n) is 4.93. The Hall–Kier alpha value is -3.43. The van der Waals surface area contributed by atoms with E-state index in [1.165, 1.54) is 11.1 Å². The predicted molar refractivity (Wildman–Crippen MR) is 111 cm³/mol. The average molecular weight is 458 g/mol. The van der Waals surface area contributed by atoms with E-state index >= 15 is 0 Å². The quantitative estimate of drug-likeness (QED) is 0.719. The first kappa shape index (κ1) is 21.4. The lowest BCUT2D eigenvalue weighted by atomic mass is 9.67. The van der Waals surface area contributed by atoms with Gasteiger partial charge in [0.2, 0.25) is 5.91 Å². The van der Waals surface area contributed by atoms with Crippen molar-refractivity contribution < 1.29 is 27.6 Å². The molecule has 10 heteroatoms. The summed E-state index contributed by atoms with van der Waals surface area (Å²) in [6, 6.07) is 6.46. The molecule has 33 heavy (non-hydrogen) atoms. The zero-order valence-electron chi connectivity index (χ0n) is 17.5. The van der Waals surface area contributed by atoms with Crippen molar-refractivity contribution in [3.63, 3.8) is 0 Å². The minimum atomic E-state index is -2.83. The zero-order chi connectivity index (χ0) is 23.4. The third-order valence-electron chi connectivity index (χ3n) is 6.55. The Balaban J connectivity index is 1.59. The number of amides is 3. The number of carbonyl (C=O) groups is 3. The fourth-order valence-corrected chi connectivity index (χ4v) is 4.93. The number of hydrogen-bond donors (Lipinski definition) is 2. The van der Waals surface area contributed by atoms with Gasteiger partial charge in [-0.05, 0) is 17.5 Å². The second-order valence-corrected chi connectivity index (χ2v) is 8.82. The Kier molecular flexibility index (Phi) is 4.91. The van der Waals surface area contributed by atoms with Crippen LogP contribution in [0.25, 0.3) is 0 Å². The van der Waals surface area contributed by atoms with Crippen molar-refractivity contribution in [2.45, 2.75) is 55.6 Å². The van der Waals surface area contributed by atoms with Gasteiger partial charge in [-0.25, -0.2) is 13.2 Å². The van der Waals surface area contributed by atoms with Gasteiger partial charge in [-0.2, -0.15) is 0 Å². The summed E-state index contributed by atoms with van der Waals surface area (Å²) in [5, 5.41) is 5.26. The lowest BCUT2D eigenvalue weighted by Crippen LogP contribution is -2.68. The van der Waals surface area contributed by atoms with Gasteiger partial charge in [0.15, 0.2) is 5.54 Å². The highest BCUT2D eigenvalue weighted by Gasteiger charge is 2.58. The molecule has 1 saturated carbocycles. The SMILES string of the molecule is O=C1CC[C@@H](C(=O)N(c2cncc(F)c2)C2(C(=O)NC3CC(F)(F)C3)Cc3ccccc32)N1. The molecule has 1 aromatic heterocycles. The molecule has 1 aromatic carbocycles. The van der Waals surface area contributed by atoms with E-state index < -0.39 is 54.0 Å². The second kappa shape index (κ2) is 7.57. The molecule has 0 radical (unpaired) electrons. The summed E-state index contributed by atoms with van der Waals surface area (Å²) in [6.07, 6.45) is 1.77. The average Bonchev–Trinajstić information content (AvgIpc) is 3.16. The third kappa shape index (κ3) is 3.53. The van der Waals surface area contributed by atoms with Crippen molar-refractivity contribution in [2.24, 2.45) is 0 Å². The number of rotatable bonds is 5. The molecule has 172 valence electrons. The van der Waals surface area contributed by atoms with Crippen LogP contribution in [-0.4, -0.2) is 40.7 Å². The van der Waals surface area contributed by atoms with E-state index in [0.29, 0.717) is 5.56 Å². The van der Waals surface area contributed by atoms with Crippen LogP contribution in [0.4, 0.5) is 18.9 Å². The summed E-state index contributed by atoms with van der Waals surface area (Å²) in [5.41, 5.74) is -0.203. The Bertz CT molecular complexity index is 1150. The number of alkyl halides is 2. The molecule has 2 aliphatic carbocycles. The maximum Gasteiger partial charge on any atom is 0.252 e. The van der Waals surface area contributed by atoms with Crippen LogP contribution in [0.15, 0.2) is 42.7 Å². The van der Waals surface area contributed by atoms with Crippen LogP contribution in [0.3, 0.4) is 0 Å². The van der Waals surface area contributed by atoms with Gasteiger partial charge in [-0.15, -0.1) is 0 Å². The van der Waals surface area contributed by atoms with Crippen molar-refractivity contribution in [1.82, 2.24) is 15.6 Å². The van der Waals surface area contributed by atoms with Crippen LogP contribution >= 0.6 is 0 Å². The molecule has 3 amide bonds. The summed E-state index contributed by atoms with van der Waals surface area (Å²) in [7, 11) is 0. The number of nitrogens with zero attached hydrogens (tertiary/aromatic N) is 2. The molecule has 7 nitrogen and oxygen atoms in total. The molecular formula is C23H21F3N4O3. The molecule has 0 spiro atoms. The number of carbonyl (C=O) groups excluding carboxylic acids is 3. The maximum absolute atomic E-state index is 14.1. The normalized spacial score (nSPS) is 25.3. The third-order valence-corrected chi connectivity index (χ3v) is 6.55. The van der Waals surface area contributed by atoms with Gasteiger partial charge in [-0.3, -0.25) is 24.3 Å². The van der Waals surface area contributed by atoms with Crippen molar-refractivity contribution in [2.75, 3.05) is 4.90 Å². The molecule has 5 rings (SSSR count). The highest BCUT2D eigenvalue weighted by atomic mass is 19.3. The van der Waals surface area contributed by atoms with Crippen LogP contribution in [-0.2, 0) is 26.3 Å². The molecule has 1 aliphatic heterocycles. The highest BCUT2D eigenvalue weighted by Crippen LogP contribution is 2.47. The number of hydrogen-bond acceptors (Lipinski definition) is 4. The number of fused-ring (bicyclic) bond motifs is 1. The van der Waals surface area contributed by atoms with Gasteiger partial charge in [0.25, 0.3) is 17.7 Å². The minimum absolute atomic E-state index is 0.0461. The molecule has 2 N–H and O–H groups in total. The van der Waals surface area contributed by atoms with E-state index in [1.807, 2.05) is 6.07 Å². The van der Waals surface area contributed by atoms with Crippen molar-refractivity contribution in [1.29, 1.82) is 0 Å². The Labute approximate surface area is 187 Å². The summed E-state index contributed by atoms with van der Waals surface area (Å²) >= 11 is 0. The number of aromatic nitrogens is 1. The molecule has 2 aromatic rings. The standard InChI is InChI=1S/C23H21F3N4O3/c24-14-7-16(12-27-11-14)30(20(32)18-5-6-19(31)29-18)23(8-13-3-1-2-4-17(13)23)21(33)28-15-9-22(25,26)10-15/h1-4,7,11-12,15,18H,5-6,8-10H2,(H,28,33)(H,29,31)/t18-,23?/m0/s1. The first-order valence-corrected chi connectivity index (χ1v) is 10.7. The van der Waals surface area contributed by atoms with Crippen molar-refractivity contribution >= 4 is 23.4 Å². The summed E-state index contributed by atoms with van der Waals surface area (Å²) < 4.78 is 40.9. The first-order chi connectivity index (χ1) is 15.7. The first-order valence-electron chi connectivity index (χ1n) is 10.7. The monoisotopic (exact) mass is 458 g/mol. The fraction of sp³-hybridized carbons (Fsp3) is 0.391. The van der Waals surface area contributed by atoms with Crippen LogP contribution in [0, 0.1) is 5.82 Å². The van der Waals surface area contributed by atoms with Crippen LogP contribution in [0.5, 0.6) is 0 Å². The van der Waals surface area contributed by atoms with Gasteiger partial charge in [0.05, 0.1) is 18.1 Å². The van der Waals surface area contributed by atoms with Crippen LogP contribution in [0.2, 0.25) is 0 Å². The molecule has 1 saturated heterocycles. The maximum atomic E-state index is 14.1. The largest absolute Gasteiger partial charge is 0.351 e. The van der Waals surface area contributed by atoms with E-state index in [9.17, 15) is 27.6 Å². The van der Waals surface area contributed by atoms with Crippen LogP contribution < -0.4 is 15.5 Å². The highest BCUT2D eigenvalue weighted by molar-refractivity contribution is 6.09. The molecule has 2 fully saturated rings. The van der Waals surface area contributed by atoms with Gasteiger partial charge < -0.3 is 10.6 Å². The molecule has 1 unspecified atom stereocenters. The van der Waals surface area contributed by atoms with Crippen molar-refractivity contribution in [3.8, 4) is 0 Å². The molecular weight excluding hydrogens is 437 g/mol. The lowest BCUT2D eigenvalue weighted by molar-refractivity contribution is -0.138. The van der Waals surface area contributed by atoms with E-state index in [0.717, 1.165) is 17.8 Å². The Morgan fingerprint density at radius 2 is 1.94 bits per heavy atom. The Morgan fingerprint density at radius 1 is 1.18 bits per heavy atom. The number of nitrogens with one attached hydrogen (secondary N) is 2. The van der Waals surface area contributed by atoms with Crippen molar-refractivity contribution in [3.05, 3.63) is 59.7 Å². The predicted octanol–water partition coefficient (Wildman–Crippen LogP) is 2.20. The lowest BCUT2D eigenvalue weighted by Gasteiger charge is -2.51. The Morgan fingerprint density at radius 3 is 2.58 bits per heavy atom. The van der Waals surface area contributed by atoms with Gasteiger partial charge in [-0.1, -0.05) is 24.3 Å². The molecule has 2 heterocycles. The molecule has 3 aliphatic rings. The van der Waals surface area contributed by atoms with Gasteiger partial charge in [0.1, 0.15) is 11.9 Å². The number of halogens is 3. The number of benzene rings is 1. The van der Waals surface area contributed by atoms with E-state index in [2.05, 4.69) is 15.6 Å².